The molecule has 7 rings (SSSR count). The third kappa shape index (κ3) is 2.82. The highest BCUT2D eigenvalue weighted by Crippen LogP contribution is 2.38. The maximum atomic E-state index is 2.42. The Balaban J connectivity index is 1.55. The quantitative estimate of drug-likeness (QED) is 0.264. The highest BCUT2D eigenvalue weighted by atomic mass is 15.0. The van der Waals surface area contributed by atoms with Gasteiger partial charge in [-0.2, -0.15) is 0 Å². The average Bonchev–Trinajstić information content (AvgIpc) is 3.49. The second-order valence-electron chi connectivity index (χ2n) is 8.69. The number of hydrogen-bond donors (Lipinski definition) is 0. The second kappa shape index (κ2) is 7.50. The summed E-state index contributed by atoms with van der Waals surface area (Å²) >= 11 is 0. The van der Waals surface area contributed by atoms with Crippen molar-refractivity contribution in [2.75, 3.05) is 0 Å². The molecule has 0 saturated heterocycles. The van der Waals surface area contributed by atoms with Crippen molar-refractivity contribution < 1.29 is 0 Å². The van der Waals surface area contributed by atoms with Crippen LogP contribution in [0.3, 0.4) is 0 Å². The Bertz CT molecular complexity index is 1770. The van der Waals surface area contributed by atoms with Crippen LogP contribution in [-0.4, -0.2) is 9.13 Å². The van der Waals surface area contributed by atoms with Gasteiger partial charge in [0.25, 0.3) is 0 Å². The Morgan fingerprint density at radius 3 is 1.88 bits per heavy atom. The zero-order valence-electron chi connectivity index (χ0n) is 18.6. The molecule has 2 aromatic heterocycles. The first kappa shape index (κ1) is 19.0. The van der Waals surface area contributed by atoms with Crippen molar-refractivity contribution >= 4 is 32.7 Å². The standard InChI is InChI=1S/C32H22N2/c1-3-9-23(10-4-1)24-15-18-27(19-16-24)34-30-14-8-7-13-28(30)29-20-17-25-21-22-33(31(25)32(29)34)26-11-5-2-6-12-26/h1-22H. The van der Waals surface area contributed by atoms with Crippen LogP contribution < -0.4 is 0 Å². The van der Waals surface area contributed by atoms with Crippen molar-refractivity contribution in [3.63, 3.8) is 0 Å². The molecular weight excluding hydrogens is 412 g/mol. The summed E-state index contributed by atoms with van der Waals surface area (Å²) in [5.74, 6) is 0. The SMILES string of the molecule is c1ccc(-c2ccc(-n3c4ccccc4c4ccc5ccn(-c6ccccc6)c5c43)cc2)cc1. The van der Waals surface area contributed by atoms with Crippen LogP contribution in [0.2, 0.25) is 0 Å². The molecule has 0 spiro atoms. The van der Waals surface area contributed by atoms with E-state index in [1.54, 1.807) is 0 Å². The van der Waals surface area contributed by atoms with Crippen LogP contribution in [0.25, 0.3) is 55.2 Å². The maximum Gasteiger partial charge on any atom is 0.0788 e. The number of fused-ring (bicyclic) bond motifs is 5. The van der Waals surface area contributed by atoms with Gasteiger partial charge in [0.05, 0.1) is 16.6 Å². The fourth-order valence-corrected chi connectivity index (χ4v) is 5.18. The molecule has 2 heterocycles. The molecule has 0 saturated carbocycles. The average molecular weight is 435 g/mol. The summed E-state index contributed by atoms with van der Waals surface area (Å²) in [6, 6.07) is 45.5. The largest absolute Gasteiger partial charge is 0.315 e. The first-order valence-corrected chi connectivity index (χ1v) is 11.6. The van der Waals surface area contributed by atoms with Crippen molar-refractivity contribution in [3.05, 3.63) is 134 Å². The first-order valence-electron chi connectivity index (χ1n) is 11.6. The van der Waals surface area contributed by atoms with Gasteiger partial charge in [0.2, 0.25) is 0 Å². The molecule has 0 radical (unpaired) electrons. The zero-order valence-corrected chi connectivity index (χ0v) is 18.6. The molecule has 0 bridgehead atoms. The minimum atomic E-state index is 1.17. The summed E-state index contributed by atoms with van der Waals surface area (Å²) in [6.07, 6.45) is 2.18. The molecule has 5 aromatic carbocycles. The van der Waals surface area contributed by atoms with Crippen LogP contribution in [0.4, 0.5) is 0 Å². The smallest absolute Gasteiger partial charge is 0.0788 e. The molecule has 0 unspecified atom stereocenters. The number of nitrogens with zero attached hydrogens (tertiary/aromatic N) is 2. The van der Waals surface area contributed by atoms with Gasteiger partial charge in [0.1, 0.15) is 0 Å². The Labute approximate surface area is 197 Å². The number of benzene rings is 5. The molecule has 34 heavy (non-hydrogen) atoms. The van der Waals surface area contributed by atoms with Gasteiger partial charge in [0, 0.05) is 33.7 Å². The molecule has 0 fully saturated rings. The third-order valence-corrected chi connectivity index (χ3v) is 6.75. The molecule has 0 aliphatic heterocycles. The lowest BCUT2D eigenvalue weighted by molar-refractivity contribution is 1.12. The summed E-state index contributed by atoms with van der Waals surface area (Å²) < 4.78 is 4.73. The second-order valence-corrected chi connectivity index (χ2v) is 8.69. The van der Waals surface area contributed by atoms with E-state index in [-0.39, 0.29) is 0 Å². The van der Waals surface area contributed by atoms with Crippen LogP contribution in [0.5, 0.6) is 0 Å². The van der Waals surface area contributed by atoms with Crippen LogP contribution in [0.1, 0.15) is 0 Å². The van der Waals surface area contributed by atoms with Crippen molar-refractivity contribution in [2.45, 2.75) is 0 Å². The number of hydrogen-bond acceptors (Lipinski definition) is 0. The van der Waals surface area contributed by atoms with E-state index in [1.807, 2.05) is 0 Å². The normalized spacial score (nSPS) is 11.5. The van der Waals surface area contributed by atoms with E-state index in [1.165, 1.54) is 55.2 Å². The molecule has 2 nitrogen and oxygen atoms in total. The van der Waals surface area contributed by atoms with Crippen LogP contribution in [0.15, 0.2) is 134 Å². The van der Waals surface area contributed by atoms with Gasteiger partial charge in [-0.1, -0.05) is 91.0 Å². The van der Waals surface area contributed by atoms with E-state index >= 15 is 0 Å². The Hall–Kier alpha value is -4.56. The van der Waals surface area contributed by atoms with Crippen molar-refractivity contribution in [2.24, 2.45) is 0 Å². The van der Waals surface area contributed by atoms with E-state index in [2.05, 4.69) is 143 Å². The lowest BCUT2D eigenvalue weighted by Gasteiger charge is -2.12. The van der Waals surface area contributed by atoms with Crippen LogP contribution in [0, 0.1) is 0 Å². The van der Waals surface area contributed by atoms with E-state index in [0.717, 1.165) is 0 Å². The van der Waals surface area contributed by atoms with E-state index < -0.39 is 0 Å². The maximum absolute atomic E-state index is 2.42. The summed E-state index contributed by atoms with van der Waals surface area (Å²) in [5.41, 5.74) is 8.48. The Kier molecular flexibility index (Phi) is 4.18. The highest BCUT2D eigenvalue weighted by Gasteiger charge is 2.17. The summed E-state index contributed by atoms with van der Waals surface area (Å²) in [4.78, 5) is 0. The van der Waals surface area contributed by atoms with Gasteiger partial charge in [-0.05, 0) is 47.5 Å². The molecule has 0 aliphatic rings. The highest BCUT2D eigenvalue weighted by molar-refractivity contribution is 6.18. The first-order chi connectivity index (χ1) is 16.9. The number of rotatable bonds is 3. The molecular formula is C32H22N2. The van der Waals surface area contributed by atoms with Gasteiger partial charge >= 0.3 is 0 Å². The fourth-order valence-electron chi connectivity index (χ4n) is 5.18. The minimum absolute atomic E-state index is 1.17. The topological polar surface area (TPSA) is 9.86 Å². The van der Waals surface area contributed by atoms with Gasteiger partial charge in [-0.3, -0.25) is 0 Å². The zero-order chi connectivity index (χ0) is 22.5. The molecule has 0 aliphatic carbocycles. The summed E-state index contributed by atoms with van der Waals surface area (Å²) in [7, 11) is 0. The molecule has 7 aromatic rings. The molecule has 0 amide bonds. The van der Waals surface area contributed by atoms with Gasteiger partial charge in [0.15, 0.2) is 0 Å². The lowest BCUT2D eigenvalue weighted by Crippen LogP contribution is -1.97. The monoisotopic (exact) mass is 434 g/mol. The van der Waals surface area contributed by atoms with Crippen molar-refractivity contribution in [1.82, 2.24) is 9.13 Å². The summed E-state index contributed by atoms with van der Waals surface area (Å²) in [6.45, 7) is 0. The third-order valence-electron chi connectivity index (χ3n) is 6.75. The molecule has 0 N–H and O–H groups in total. The predicted octanol–water partition coefficient (Wildman–Crippen LogP) is 8.39. The van der Waals surface area contributed by atoms with Crippen LogP contribution in [-0.2, 0) is 0 Å². The van der Waals surface area contributed by atoms with Gasteiger partial charge in [-0.25, -0.2) is 0 Å². The minimum Gasteiger partial charge on any atom is -0.315 e. The molecule has 2 heteroatoms. The summed E-state index contributed by atoms with van der Waals surface area (Å²) in [5, 5.41) is 3.78. The van der Waals surface area contributed by atoms with E-state index in [9.17, 15) is 0 Å². The number of aromatic nitrogens is 2. The Morgan fingerprint density at radius 1 is 0.412 bits per heavy atom. The van der Waals surface area contributed by atoms with Crippen molar-refractivity contribution in [3.8, 4) is 22.5 Å². The van der Waals surface area contributed by atoms with Gasteiger partial charge in [-0.15, -0.1) is 0 Å². The fraction of sp³-hybridized carbons (Fsp3) is 0. The number of para-hydroxylation sites is 2. The molecule has 0 atom stereocenters. The Morgan fingerprint density at radius 2 is 1.09 bits per heavy atom. The van der Waals surface area contributed by atoms with E-state index in [0.29, 0.717) is 0 Å². The van der Waals surface area contributed by atoms with Crippen molar-refractivity contribution in [1.29, 1.82) is 0 Å². The molecule has 160 valence electrons. The predicted molar refractivity (Wildman–Crippen MR) is 143 cm³/mol. The van der Waals surface area contributed by atoms with E-state index in [4.69, 9.17) is 0 Å². The van der Waals surface area contributed by atoms with Gasteiger partial charge < -0.3 is 9.13 Å². The van der Waals surface area contributed by atoms with Crippen LogP contribution >= 0.6 is 0 Å². The lowest BCUT2D eigenvalue weighted by atomic mass is 10.1.